The predicted molar refractivity (Wildman–Crippen MR) is 28.8 cm³/mol. The van der Waals surface area contributed by atoms with Crippen LogP contribution in [-0.4, -0.2) is 45.3 Å². The minimum atomic E-state index is -4.70. The van der Waals surface area contributed by atoms with E-state index in [0.717, 1.165) is 0 Å². The van der Waals surface area contributed by atoms with Crippen LogP contribution in [-0.2, 0) is 3.74 Å². The third kappa shape index (κ3) is 6.08. The second-order valence-corrected chi connectivity index (χ2v) is 5.24. The van der Waals surface area contributed by atoms with Crippen molar-refractivity contribution in [3.63, 3.8) is 0 Å². The molecule has 0 saturated heterocycles. The monoisotopic (exact) mass is 200 g/mol. The van der Waals surface area contributed by atoms with E-state index >= 15 is 0 Å². The standard InChI is InChI=1S/C3H9AsO5/c5-2-3(6)1-4(7,8)9/h3,5-6H,1-2H2,(H2,7,8,9). The molecule has 0 fully saturated rings. The molecule has 5 nitrogen and oxygen atoms in total. The molecule has 6 heteroatoms. The summed E-state index contributed by atoms with van der Waals surface area (Å²) in [4.78, 5) is 0. The number of rotatable bonds is 3. The van der Waals surface area contributed by atoms with Gasteiger partial charge >= 0.3 is 54.2 Å². The predicted octanol–water partition coefficient (Wildman–Crippen LogP) is -2.31. The molecule has 1 atom stereocenters. The van der Waals surface area contributed by atoms with Gasteiger partial charge in [0.05, 0.1) is 0 Å². The van der Waals surface area contributed by atoms with E-state index in [-0.39, 0.29) is 0 Å². The molecule has 0 aliphatic carbocycles. The van der Waals surface area contributed by atoms with Crippen molar-refractivity contribution < 1.29 is 22.1 Å². The van der Waals surface area contributed by atoms with Crippen LogP contribution in [0.5, 0.6) is 0 Å². The van der Waals surface area contributed by atoms with Gasteiger partial charge in [-0.1, -0.05) is 0 Å². The molecule has 0 radical (unpaired) electrons. The van der Waals surface area contributed by atoms with Gasteiger partial charge in [0.25, 0.3) is 0 Å². The Morgan fingerprint density at radius 3 is 2.00 bits per heavy atom. The third-order valence-corrected chi connectivity index (χ3v) is 2.54. The fraction of sp³-hybridized carbons (Fsp3) is 1.00. The molecule has 0 amide bonds. The number of aliphatic hydroxyl groups is 2. The average molecular weight is 200 g/mol. The van der Waals surface area contributed by atoms with Crippen LogP contribution in [0, 0.1) is 0 Å². The van der Waals surface area contributed by atoms with Gasteiger partial charge in [-0.3, -0.25) is 0 Å². The van der Waals surface area contributed by atoms with Crippen LogP contribution in [0.3, 0.4) is 0 Å². The van der Waals surface area contributed by atoms with Gasteiger partial charge in [-0.2, -0.15) is 0 Å². The summed E-state index contributed by atoms with van der Waals surface area (Å²) in [5.41, 5.74) is 0. The summed E-state index contributed by atoms with van der Waals surface area (Å²) < 4.78 is 26.5. The van der Waals surface area contributed by atoms with E-state index in [1.807, 2.05) is 0 Å². The van der Waals surface area contributed by atoms with E-state index in [1.54, 1.807) is 0 Å². The van der Waals surface area contributed by atoms with Crippen molar-refractivity contribution in [2.45, 2.75) is 11.3 Å². The maximum atomic E-state index is 10.1. The molecule has 0 aromatic rings. The summed E-state index contributed by atoms with van der Waals surface area (Å²) in [5, 5.41) is 16.0. The molecule has 0 heterocycles. The Kier molecular flexibility index (Phi) is 3.46. The van der Waals surface area contributed by atoms with Crippen molar-refractivity contribution in [1.29, 1.82) is 0 Å². The van der Waals surface area contributed by atoms with E-state index in [0.29, 0.717) is 0 Å². The van der Waals surface area contributed by atoms with Crippen LogP contribution >= 0.6 is 0 Å². The van der Waals surface area contributed by atoms with Gasteiger partial charge in [0.15, 0.2) is 0 Å². The van der Waals surface area contributed by atoms with E-state index in [9.17, 15) is 3.74 Å². The zero-order chi connectivity index (χ0) is 7.49. The molecule has 0 rings (SSSR count). The Bertz CT molecular complexity index is 117. The van der Waals surface area contributed by atoms with Crippen molar-refractivity contribution >= 4 is 14.2 Å². The molecule has 0 aliphatic heterocycles. The molecule has 1 unspecified atom stereocenters. The Morgan fingerprint density at radius 2 is 1.89 bits per heavy atom. The Balaban J connectivity index is 3.60. The van der Waals surface area contributed by atoms with Gasteiger partial charge in [-0.15, -0.1) is 0 Å². The fourth-order valence-corrected chi connectivity index (χ4v) is 1.73. The molecule has 0 aromatic heterocycles. The molecule has 0 aromatic carbocycles. The first-order valence-electron chi connectivity index (χ1n) is 2.29. The Labute approximate surface area is 54.9 Å². The molecular weight excluding hydrogens is 191 g/mol. The van der Waals surface area contributed by atoms with E-state index in [1.165, 1.54) is 0 Å². The molecule has 4 N–H and O–H groups in total. The quantitative estimate of drug-likeness (QED) is 0.384. The molecular formula is C3H9AsO5. The molecule has 9 heavy (non-hydrogen) atoms. The number of hydrogen-bond donors (Lipinski definition) is 4. The van der Waals surface area contributed by atoms with E-state index < -0.39 is 32.1 Å². The van der Waals surface area contributed by atoms with Gasteiger partial charge in [-0.05, 0) is 0 Å². The normalized spacial score (nSPS) is 15.6. The van der Waals surface area contributed by atoms with Crippen LogP contribution in [0.15, 0.2) is 0 Å². The number of hydrogen-bond acceptors (Lipinski definition) is 3. The SMILES string of the molecule is O=[As](O)(O)CC(O)CO. The van der Waals surface area contributed by atoms with Gasteiger partial charge in [-0.25, -0.2) is 0 Å². The minimum absolute atomic E-state index is 0.605. The van der Waals surface area contributed by atoms with Gasteiger partial charge < -0.3 is 0 Å². The van der Waals surface area contributed by atoms with Crippen LogP contribution < -0.4 is 0 Å². The number of aliphatic hydroxyl groups excluding tert-OH is 2. The second-order valence-electron chi connectivity index (χ2n) is 1.68. The molecule has 56 valence electrons. The maximum absolute atomic E-state index is 10.1. The van der Waals surface area contributed by atoms with Gasteiger partial charge in [0.2, 0.25) is 0 Å². The summed E-state index contributed by atoms with van der Waals surface area (Å²) in [5.74, 6) is 0. The molecule has 0 spiro atoms. The van der Waals surface area contributed by atoms with Crippen molar-refractivity contribution in [2.75, 3.05) is 6.61 Å². The van der Waals surface area contributed by atoms with Crippen LogP contribution in [0.1, 0.15) is 0 Å². The van der Waals surface area contributed by atoms with Crippen LogP contribution in [0.4, 0.5) is 0 Å². The Hall–Kier alpha value is 0.198. The van der Waals surface area contributed by atoms with Gasteiger partial charge in [0, 0.05) is 0 Å². The first kappa shape index (κ1) is 9.20. The van der Waals surface area contributed by atoms with Crippen molar-refractivity contribution in [2.24, 2.45) is 0 Å². The first-order valence-corrected chi connectivity index (χ1v) is 6.06. The van der Waals surface area contributed by atoms with E-state index in [2.05, 4.69) is 0 Å². The van der Waals surface area contributed by atoms with Crippen molar-refractivity contribution in [1.82, 2.24) is 0 Å². The van der Waals surface area contributed by atoms with Crippen LogP contribution in [0.2, 0.25) is 5.21 Å². The first-order chi connectivity index (χ1) is 3.95. The summed E-state index contributed by atoms with van der Waals surface area (Å²) >= 11 is -4.70. The Morgan fingerprint density at radius 1 is 1.44 bits per heavy atom. The summed E-state index contributed by atoms with van der Waals surface area (Å²) in [7, 11) is 0. The molecule has 0 aliphatic rings. The van der Waals surface area contributed by atoms with Crippen molar-refractivity contribution in [3.8, 4) is 0 Å². The average Bonchev–Trinajstić information content (AvgIpc) is 1.62. The summed E-state index contributed by atoms with van der Waals surface area (Å²) in [6.45, 7) is -0.605. The third-order valence-electron chi connectivity index (χ3n) is 0.659. The second kappa shape index (κ2) is 3.39. The fourth-order valence-electron chi connectivity index (χ4n) is 0.332. The van der Waals surface area contributed by atoms with Gasteiger partial charge in [0.1, 0.15) is 0 Å². The summed E-state index contributed by atoms with van der Waals surface area (Å²) in [6, 6.07) is 0. The molecule has 0 bridgehead atoms. The van der Waals surface area contributed by atoms with E-state index in [4.69, 9.17) is 18.4 Å². The van der Waals surface area contributed by atoms with Crippen molar-refractivity contribution in [3.05, 3.63) is 0 Å². The van der Waals surface area contributed by atoms with Crippen LogP contribution in [0.25, 0.3) is 0 Å². The molecule has 0 saturated carbocycles. The zero-order valence-corrected chi connectivity index (χ0v) is 6.51. The zero-order valence-electron chi connectivity index (χ0n) is 4.64. The topological polar surface area (TPSA) is 98.0 Å². The summed E-state index contributed by atoms with van der Waals surface area (Å²) in [6.07, 6.45) is -1.29.